The first kappa shape index (κ1) is 15.9. The summed E-state index contributed by atoms with van der Waals surface area (Å²) in [7, 11) is 0. The molecule has 0 aliphatic rings. The van der Waals surface area contributed by atoms with Gasteiger partial charge in [-0.25, -0.2) is 0 Å². The van der Waals surface area contributed by atoms with Gasteiger partial charge in [0.25, 0.3) is 5.91 Å². The second kappa shape index (κ2) is 6.50. The molecule has 0 radical (unpaired) electrons. The van der Waals surface area contributed by atoms with Crippen molar-refractivity contribution in [2.75, 3.05) is 11.4 Å². The van der Waals surface area contributed by atoms with Gasteiger partial charge in [-0.2, -0.15) is 0 Å². The third-order valence-corrected chi connectivity index (χ3v) is 4.22. The minimum atomic E-state index is -0.140. The third-order valence-electron chi connectivity index (χ3n) is 3.40. The maximum atomic E-state index is 12.8. The summed E-state index contributed by atoms with van der Waals surface area (Å²) in [6.07, 6.45) is 0. The van der Waals surface area contributed by atoms with Crippen LogP contribution in [0.1, 0.15) is 28.4 Å². The van der Waals surface area contributed by atoms with Gasteiger partial charge in [-0.05, 0) is 50.1 Å². The molecule has 4 heteroatoms. The zero-order valence-corrected chi connectivity index (χ0v) is 13.8. The summed E-state index contributed by atoms with van der Waals surface area (Å²) in [5.41, 5.74) is 3.48. The third kappa shape index (κ3) is 3.22. The van der Waals surface area contributed by atoms with Crippen LogP contribution in [0.4, 0.5) is 5.69 Å². The van der Waals surface area contributed by atoms with Crippen molar-refractivity contribution >= 4 is 34.8 Å². The average Bonchev–Trinajstić information content (AvgIpc) is 2.46. The largest absolute Gasteiger partial charge is 0.308 e. The Bertz CT molecular complexity index is 682. The molecule has 2 aromatic carbocycles. The van der Waals surface area contributed by atoms with Crippen molar-refractivity contribution in [3.05, 3.63) is 63.1 Å². The molecular formula is C17H17Cl2NO. The molecular weight excluding hydrogens is 305 g/mol. The van der Waals surface area contributed by atoms with Crippen molar-refractivity contribution in [3.8, 4) is 0 Å². The van der Waals surface area contributed by atoms with Gasteiger partial charge in [-0.1, -0.05) is 41.4 Å². The van der Waals surface area contributed by atoms with Gasteiger partial charge < -0.3 is 4.90 Å². The van der Waals surface area contributed by atoms with Gasteiger partial charge in [0.1, 0.15) is 0 Å². The van der Waals surface area contributed by atoms with E-state index in [1.54, 1.807) is 23.1 Å². The molecule has 0 heterocycles. The highest BCUT2D eigenvalue weighted by Gasteiger charge is 2.21. The van der Waals surface area contributed by atoms with E-state index < -0.39 is 0 Å². The van der Waals surface area contributed by atoms with E-state index in [2.05, 4.69) is 0 Å². The monoisotopic (exact) mass is 321 g/mol. The van der Waals surface area contributed by atoms with Crippen LogP contribution in [0, 0.1) is 13.8 Å². The maximum absolute atomic E-state index is 12.8. The lowest BCUT2D eigenvalue weighted by atomic mass is 10.1. The van der Waals surface area contributed by atoms with Gasteiger partial charge >= 0.3 is 0 Å². The molecule has 0 aliphatic carbocycles. The number of nitrogens with zero attached hydrogens (tertiary/aromatic N) is 1. The van der Waals surface area contributed by atoms with E-state index in [9.17, 15) is 4.79 Å². The van der Waals surface area contributed by atoms with Crippen LogP contribution in [0.5, 0.6) is 0 Å². The van der Waals surface area contributed by atoms with Crippen LogP contribution >= 0.6 is 23.2 Å². The summed E-state index contributed by atoms with van der Waals surface area (Å²) in [5.74, 6) is -0.140. The van der Waals surface area contributed by atoms with Crippen LogP contribution in [0.2, 0.25) is 10.0 Å². The minimum Gasteiger partial charge on any atom is -0.308 e. The Morgan fingerprint density at radius 1 is 1.14 bits per heavy atom. The quantitative estimate of drug-likeness (QED) is 0.753. The molecule has 2 nitrogen and oxygen atoms in total. The van der Waals surface area contributed by atoms with E-state index >= 15 is 0 Å². The fourth-order valence-corrected chi connectivity index (χ4v) is 2.63. The number of rotatable bonds is 3. The summed E-state index contributed by atoms with van der Waals surface area (Å²) in [4.78, 5) is 14.5. The van der Waals surface area contributed by atoms with Gasteiger partial charge in [-0.3, -0.25) is 4.79 Å². The van der Waals surface area contributed by atoms with Crippen molar-refractivity contribution in [2.24, 2.45) is 0 Å². The van der Waals surface area contributed by atoms with Crippen molar-refractivity contribution in [1.29, 1.82) is 0 Å². The zero-order chi connectivity index (χ0) is 15.6. The zero-order valence-electron chi connectivity index (χ0n) is 12.3. The molecule has 0 bridgehead atoms. The number of amides is 1. The van der Waals surface area contributed by atoms with Crippen molar-refractivity contribution in [2.45, 2.75) is 20.8 Å². The number of hydrogen-bond donors (Lipinski definition) is 0. The Morgan fingerprint density at radius 3 is 2.52 bits per heavy atom. The molecule has 2 aromatic rings. The molecule has 0 unspecified atom stereocenters. The van der Waals surface area contributed by atoms with E-state index in [1.165, 1.54) is 0 Å². The Labute approximate surface area is 135 Å². The average molecular weight is 322 g/mol. The van der Waals surface area contributed by atoms with Gasteiger partial charge in [0.05, 0.1) is 15.6 Å². The first-order chi connectivity index (χ1) is 9.95. The van der Waals surface area contributed by atoms with Crippen LogP contribution in [0.25, 0.3) is 0 Å². The second-order valence-electron chi connectivity index (χ2n) is 4.94. The number of carbonyl (C=O) groups excluding carboxylic acids is 1. The Morgan fingerprint density at radius 2 is 1.86 bits per heavy atom. The molecule has 0 fully saturated rings. The van der Waals surface area contributed by atoms with Crippen LogP contribution in [0.3, 0.4) is 0 Å². The summed E-state index contributed by atoms with van der Waals surface area (Å²) in [6, 6.07) is 11.2. The Balaban J connectivity index is 2.48. The van der Waals surface area contributed by atoms with Crippen LogP contribution in [-0.4, -0.2) is 12.5 Å². The van der Waals surface area contributed by atoms with E-state index in [0.717, 1.165) is 16.8 Å². The lowest BCUT2D eigenvalue weighted by Gasteiger charge is -2.24. The fraction of sp³-hybridized carbons (Fsp3) is 0.235. The molecule has 0 saturated heterocycles. The number of aryl methyl sites for hydroxylation is 2. The Kier molecular flexibility index (Phi) is 4.92. The topological polar surface area (TPSA) is 20.3 Å². The number of halogens is 2. The molecule has 0 aliphatic heterocycles. The SMILES string of the molecule is CCN(C(=O)c1cccc(Cl)c1Cl)c1cc(C)ccc1C. The molecule has 21 heavy (non-hydrogen) atoms. The molecule has 0 atom stereocenters. The lowest BCUT2D eigenvalue weighted by molar-refractivity contribution is 0.0988. The summed E-state index contributed by atoms with van der Waals surface area (Å²) >= 11 is 12.2. The highest BCUT2D eigenvalue weighted by Crippen LogP contribution is 2.29. The smallest absolute Gasteiger partial charge is 0.259 e. The fourth-order valence-electron chi connectivity index (χ4n) is 2.25. The molecule has 110 valence electrons. The number of carbonyl (C=O) groups is 1. The van der Waals surface area contributed by atoms with Crippen molar-refractivity contribution in [3.63, 3.8) is 0 Å². The van der Waals surface area contributed by atoms with E-state index in [0.29, 0.717) is 22.2 Å². The standard InChI is InChI=1S/C17H17Cl2NO/c1-4-20(15-10-11(2)8-9-12(15)3)17(21)13-6-5-7-14(18)16(13)19/h5-10H,4H2,1-3H3. The first-order valence-corrected chi connectivity index (χ1v) is 7.54. The second-order valence-corrected chi connectivity index (χ2v) is 5.73. The molecule has 0 aromatic heterocycles. The normalized spacial score (nSPS) is 10.5. The summed E-state index contributed by atoms with van der Waals surface area (Å²) in [5, 5.41) is 0.687. The lowest BCUT2D eigenvalue weighted by Crippen LogP contribution is -2.31. The molecule has 2 rings (SSSR count). The maximum Gasteiger partial charge on any atom is 0.259 e. The summed E-state index contributed by atoms with van der Waals surface area (Å²) < 4.78 is 0. The van der Waals surface area contributed by atoms with E-state index in [4.69, 9.17) is 23.2 Å². The number of hydrogen-bond acceptors (Lipinski definition) is 1. The van der Waals surface area contributed by atoms with E-state index in [1.807, 2.05) is 39.0 Å². The highest BCUT2D eigenvalue weighted by atomic mass is 35.5. The van der Waals surface area contributed by atoms with Crippen LogP contribution in [0.15, 0.2) is 36.4 Å². The van der Waals surface area contributed by atoms with Crippen LogP contribution < -0.4 is 4.90 Å². The number of benzene rings is 2. The molecule has 0 N–H and O–H groups in total. The van der Waals surface area contributed by atoms with E-state index in [-0.39, 0.29) is 5.91 Å². The van der Waals surface area contributed by atoms with Gasteiger partial charge in [0.15, 0.2) is 0 Å². The molecule has 0 saturated carbocycles. The Hall–Kier alpha value is -1.51. The predicted molar refractivity (Wildman–Crippen MR) is 89.7 cm³/mol. The summed E-state index contributed by atoms with van der Waals surface area (Å²) in [6.45, 7) is 6.50. The van der Waals surface area contributed by atoms with Crippen molar-refractivity contribution in [1.82, 2.24) is 0 Å². The predicted octanol–water partition coefficient (Wildman–Crippen LogP) is 5.28. The van der Waals surface area contributed by atoms with Gasteiger partial charge in [-0.15, -0.1) is 0 Å². The van der Waals surface area contributed by atoms with Crippen molar-refractivity contribution < 1.29 is 4.79 Å². The van der Waals surface area contributed by atoms with Gasteiger partial charge in [0, 0.05) is 12.2 Å². The minimum absolute atomic E-state index is 0.140. The molecule has 0 spiro atoms. The van der Waals surface area contributed by atoms with Crippen LogP contribution in [-0.2, 0) is 0 Å². The van der Waals surface area contributed by atoms with Gasteiger partial charge in [0.2, 0.25) is 0 Å². The number of anilines is 1. The highest BCUT2D eigenvalue weighted by molar-refractivity contribution is 6.44. The first-order valence-electron chi connectivity index (χ1n) is 6.78. The molecule has 1 amide bonds.